The number of thiocarbonyl (C=S) groups is 1. The summed E-state index contributed by atoms with van der Waals surface area (Å²) in [6.07, 6.45) is 0. The molecule has 1 aliphatic rings. The SMILES string of the molecule is CCOC(=O)C1=C(c2ccccc2)NC(=S)N[C@H]1c1ccc(O)c(OC)c1. The Kier molecular flexibility index (Phi) is 5.61. The molecule has 1 atom stereocenters. The highest BCUT2D eigenvalue weighted by Crippen LogP contribution is 2.35. The maximum absolute atomic E-state index is 12.8. The predicted octanol–water partition coefficient (Wildman–Crippen LogP) is 2.89. The molecule has 7 heteroatoms. The van der Waals surface area contributed by atoms with Gasteiger partial charge in [-0.25, -0.2) is 4.79 Å². The van der Waals surface area contributed by atoms with Crippen molar-refractivity contribution in [3.8, 4) is 11.5 Å². The van der Waals surface area contributed by atoms with E-state index in [9.17, 15) is 9.90 Å². The van der Waals surface area contributed by atoms with Crippen LogP contribution in [0.2, 0.25) is 0 Å². The molecule has 27 heavy (non-hydrogen) atoms. The molecular formula is C20H20N2O4S. The Labute approximate surface area is 162 Å². The maximum Gasteiger partial charge on any atom is 0.338 e. The molecule has 0 saturated heterocycles. The molecule has 0 radical (unpaired) electrons. The highest BCUT2D eigenvalue weighted by Gasteiger charge is 2.33. The van der Waals surface area contributed by atoms with Crippen molar-refractivity contribution in [3.63, 3.8) is 0 Å². The molecule has 1 heterocycles. The number of benzene rings is 2. The first-order valence-electron chi connectivity index (χ1n) is 8.46. The van der Waals surface area contributed by atoms with Gasteiger partial charge in [0.05, 0.1) is 31.0 Å². The van der Waals surface area contributed by atoms with E-state index in [-0.39, 0.29) is 12.4 Å². The van der Waals surface area contributed by atoms with Gasteiger partial charge in [-0.05, 0) is 42.4 Å². The van der Waals surface area contributed by atoms with E-state index in [0.29, 0.717) is 27.7 Å². The fourth-order valence-electron chi connectivity index (χ4n) is 2.95. The second kappa shape index (κ2) is 8.09. The fourth-order valence-corrected chi connectivity index (χ4v) is 3.17. The molecule has 0 unspecified atom stereocenters. The van der Waals surface area contributed by atoms with Crippen LogP contribution in [0.4, 0.5) is 0 Å². The summed E-state index contributed by atoms with van der Waals surface area (Å²) in [4.78, 5) is 12.8. The monoisotopic (exact) mass is 384 g/mol. The van der Waals surface area contributed by atoms with Crippen LogP contribution >= 0.6 is 12.2 Å². The third-order valence-electron chi connectivity index (χ3n) is 4.17. The Hall–Kier alpha value is -3.06. The summed E-state index contributed by atoms with van der Waals surface area (Å²) in [6.45, 7) is 2.01. The highest BCUT2D eigenvalue weighted by molar-refractivity contribution is 7.80. The quantitative estimate of drug-likeness (QED) is 0.540. The van der Waals surface area contributed by atoms with Gasteiger partial charge >= 0.3 is 5.97 Å². The first-order chi connectivity index (χ1) is 13.0. The Morgan fingerprint density at radius 2 is 1.96 bits per heavy atom. The number of ether oxygens (including phenoxy) is 2. The molecule has 3 N–H and O–H groups in total. The van der Waals surface area contributed by atoms with Crippen molar-refractivity contribution in [1.29, 1.82) is 0 Å². The van der Waals surface area contributed by atoms with Gasteiger partial charge in [-0.2, -0.15) is 0 Å². The third kappa shape index (κ3) is 3.88. The van der Waals surface area contributed by atoms with Crippen molar-refractivity contribution in [2.75, 3.05) is 13.7 Å². The van der Waals surface area contributed by atoms with E-state index in [1.807, 2.05) is 30.3 Å². The molecule has 6 nitrogen and oxygen atoms in total. The van der Waals surface area contributed by atoms with Gasteiger partial charge in [-0.3, -0.25) is 0 Å². The zero-order valence-electron chi connectivity index (χ0n) is 15.0. The first kappa shape index (κ1) is 18.7. The van der Waals surface area contributed by atoms with E-state index >= 15 is 0 Å². The molecule has 0 aromatic heterocycles. The lowest BCUT2D eigenvalue weighted by Gasteiger charge is -2.31. The van der Waals surface area contributed by atoms with E-state index in [1.54, 1.807) is 19.1 Å². The predicted molar refractivity (Wildman–Crippen MR) is 106 cm³/mol. The van der Waals surface area contributed by atoms with Gasteiger partial charge in [0.2, 0.25) is 0 Å². The van der Waals surface area contributed by atoms with Crippen LogP contribution in [0.25, 0.3) is 5.70 Å². The summed E-state index contributed by atoms with van der Waals surface area (Å²) in [5.74, 6) is -0.123. The summed E-state index contributed by atoms with van der Waals surface area (Å²) < 4.78 is 10.5. The lowest BCUT2D eigenvalue weighted by atomic mass is 9.92. The van der Waals surface area contributed by atoms with Crippen LogP contribution in [0.1, 0.15) is 24.1 Å². The van der Waals surface area contributed by atoms with Gasteiger partial charge in [0.25, 0.3) is 0 Å². The van der Waals surface area contributed by atoms with Crippen LogP contribution in [0.3, 0.4) is 0 Å². The van der Waals surface area contributed by atoms with E-state index in [2.05, 4.69) is 10.6 Å². The number of phenolic OH excluding ortho intramolecular Hbond substituents is 1. The molecule has 1 aliphatic heterocycles. The summed E-state index contributed by atoms with van der Waals surface area (Å²) in [7, 11) is 1.47. The minimum Gasteiger partial charge on any atom is -0.504 e. The largest absolute Gasteiger partial charge is 0.504 e. The highest BCUT2D eigenvalue weighted by atomic mass is 32.1. The average molecular weight is 384 g/mol. The van der Waals surface area contributed by atoms with Gasteiger partial charge in [0.1, 0.15) is 0 Å². The van der Waals surface area contributed by atoms with E-state index in [1.165, 1.54) is 13.2 Å². The lowest BCUT2D eigenvalue weighted by Crippen LogP contribution is -2.45. The molecule has 0 saturated carbocycles. The molecular weight excluding hydrogens is 364 g/mol. The first-order valence-corrected chi connectivity index (χ1v) is 8.87. The van der Waals surface area contributed by atoms with E-state index in [4.69, 9.17) is 21.7 Å². The minimum atomic E-state index is -0.553. The molecule has 3 rings (SSSR count). The topological polar surface area (TPSA) is 79.8 Å². The van der Waals surface area contributed by atoms with Gasteiger partial charge in [-0.1, -0.05) is 36.4 Å². The molecule has 0 aliphatic carbocycles. The number of phenols is 1. The smallest absolute Gasteiger partial charge is 0.338 e. The summed E-state index contributed by atoms with van der Waals surface area (Å²) in [5, 5.41) is 16.5. The summed E-state index contributed by atoms with van der Waals surface area (Å²) >= 11 is 5.36. The third-order valence-corrected chi connectivity index (χ3v) is 4.39. The molecule has 0 amide bonds. The van der Waals surface area contributed by atoms with Gasteiger partial charge in [0.15, 0.2) is 16.6 Å². The van der Waals surface area contributed by atoms with Gasteiger partial charge in [0, 0.05) is 0 Å². The number of hydrogen-bond acceptors (Lipinski definition) is 5. The van der Waals surface area contributed by atoms with Gasteiger partial charge in [-0.15, -0.1) is 0 Å². The molecule has 2 aromatic carbocycles. The standard InChI is InChI=1S/C20H20N2O4S/c1-3-26-19(24)16-17(12-7-5-4-6-8-12)21-20(27)22-18(16)13-9-10-14(23)15(11-13)25-2/h4-11,18,23H,3H2,1-2H3,(H2,21,22,27)/t18-/m0/s1. The molecule has 0 fully saturated rings. The normalized spacial score (nSPS) is 16.4. The minimum absolute atomic E-state index is 0.0164. The zero-order valence-corrected chi connectivity index (χ0v) is 15.8. The Morgan fingerprint density at radius 3 is 2.63 bits per heavy atom. The summed E-state index contributed by atoms with van der Waals surface area (Å²) in [5.41, 5.74) is 2.53. The molecule has 0 spiro atoms. The van der Waals surface area contributed by atoms with Crippen LogP contribution in [-0.4, -0.2) is 29.9 Å². The van der Waals surface area contributed by atoms with Crippen molar-refractivity contribution in [2.45, 2.75) is 13.0 Å². The number of hydrogen-bond donors (Lipinski definition) is 3. The Morgan fingerprint density at radius 1 is 1.22 bits per heavy atom. The Bertz CT molecular complexity index is 896. The number of carbonyl (C=O) groups is 1. The number of carbonyl (C=O) groups excluding carboxylic acids is 1. The van der Waals surface area contributed by atoms with Gasteiger partial charge < -0.3 is 25.2 Å². The van der Waals surface area contributed by atoms with Crippen molar-refractivity contribution < 1.29 is 19.4 Å². The lowest BCUT2D eigenvalue weighted by molar-refractivity contribution is -0.138. The second-order valence-electron chi connectivity index (χ2n) is 5.84. The molecule has 140 valence electrons. The zero-order chi connectivity index (χ0) is 19.4. The number of aromatic hydroxyl groups is 1. The summed E-state index contributed by atoms with van der Waals surface area (Å²) in [6, 6.07) is 13.8. The van der Waals surface area contributed by atoms with Crippen molar-refractivity contribution in [2.24, 2.45) is 0 Å². The number of methoxy groups -OCH3 is 1. The second-order valence-corrected chi connectivity index (χ2v) is 6.25. The Balaban J connectivity index is 2.18. The number of rotatable bonds is 5. The van der Waals surface area contributed by atoms with E-state index in [0.717, 1.165) is 5.56 Å². The van der Waals surface area contributed by atoms with E-state index < -0.39 is 12.0 Å². The molecule has 2 aromatic rings. The van der Waals surface area contributed by atoms with Crippen LogP contribution in [-0.2, 0) is 9.53 Å². The number of nitrogens with one attached hydrogen (secondary N) is 2. The van der Waals surface area contributed by atoms with Crippen LogP contribution in [0.15, 0.2) is 54.1 Å². The molecule has 0 bridgehead atoms. The van der Waals surface area contributed by atoms with Crippen LogP contribution in [0.5, 0.6) is 11.5 Å². The van der Waals surface area contributed by atoms with Crippen molar-refractivity contribution in [1.82, 2.24) is 10.6 Å². The average Bonchev–Trinajstić information content (AvgIpc) is 2.68. The number of esters is 1. The fraction of sp³-hybridized carbons (Fsp3) is 0.200. The van der Waals surface area contributed by atoms with Crippen molar-refractivity contribution >= 4 is 29.0 Å². The maximum atomic E-state index is 12.8. The van der Waals surface area contributed by atoms with Crippen LogP contribution < -0.4 is 15.4 Å². The van der Waals surface area contributed by atoms with Crippen molar-refractivity contribution in [3.05, 3.63) is 65.2 Å². The van der Waals surface area contributed by atoms with Crippen LogP contribution in [0, 0.1) is 0 Å².